The van der Waals surface area contributed by atoms with Crippen molar-refractivity contribution in [2.24, 2.45) is 5.92 Å². The molecule has 0 bridgehead atoms. The first kappa shape index (κ1) is 25.6. The Morgan fingerprint density at radius 2 is 1.89 bits per heavy atom. The molecule has 190 valence electrons. The first-order chi connectivity index (χ1) is 17.7. The third-order valence-corrected chi connectivity index (χ3v) is 6.07. The Bertz CT molecular complexity index is 1370. The number of nitro groups is 1. The number of carbonyl (C=O) groups excluding carboxylic acids is 2. The highest BCUT2D eigenvalue weighted by molar-refractivity contribution is 6.46. The zero-order valence-corrected chi connectivity index (χ0v) is 20.7. The summed E-state index contributed by atoms with van der Waals surface area (Å²) >= 11 is 0. The maximum absolute atomic E-state index is 13.3. The van der Waals surface area contributed by atoms with Crippen molar-refractivity contribution >= 4 is 23.1 Å². The number of aliphatic hydroxyl groups is 1. The smallest absolute Gasteiger partial charge is 0.295 e. The second kappa shape index (κ2) is 10.6. The lowest BCUT2D eigenvalue weighted by Gasteiger charge is -2.25. The van der Waals surface area contributed by atoms with Crippen molar-refractivity contribution in [3.63, 3.8) is 0 Å². The minimum Gasteiger partial charge on any atom is -0.507 e. The van der Waals surface area contributed by atoms with Crippen LogP contribution in [0.3, 0.4) is 0 Å². The molecule has 4 rings (SSSR count). The van der Waals surface area contributed by atoms with E-state index < -0.39 is 22.7 Å². The van der Waals surface area contributed by atoms with E-state index in [-0.39, 0.29) is 23.6 Å². The van der Waals surface area contributed by atoms with E-state index >= 15 is 0 Å². The first-order valence-corrected chi connectivity index (χ1v) is 11.8. The summed E-state index contributed by atoms with van der Waals surface area (Å²) in [6.07, 6.45) is 3.19. The van der Waals surface area contributed by atoms with Gasteiger partial charge in [0, 0.05) is 36.6 Å². The molecule has 0 unspecified atom stereocenters. The van der Waals surface area contributed by atoms with Gasteiger partial charge in [0.1, 0.15) is 11.5 Å². The molecular weight excluding hydrogens is 474 g/mol. The van der Waals surface area contributed by atoms with Gasteiger partial charge in [-0.15, -0.1) is 0 Å². The number of aryl methyl sites for hydroxylation is 1. The normalized spacial score (nSPS) is 16.9. The number of ketones is 1. The standard InChI is InChI=1S/C28H27N3O6/c1-17(2)16-37-22-10-11-23(18(3)13-22)26(32)24-25(20-6-8-21(9-7-20)31(35)36)30(28(34)27(24)33)15-19-5-4-12-29-14-19/h4-14,17,25,32H,15-16H2,1-3H3/t25-/m0/s1. The van der Waals surface area contributed by atoms with E-state index in [0.29, 0.717) is 40.5 Å². The summed E-state index contributed by atoms with van der Waals surface area (Å²) in [6, 6.07) is 13.3. The van der Waals surface area contributed by atoms with E-state index in [9.17, 15) is 24.8 Å². The highest BCUT2D eigenvalue weighted by Gasteiger charge is 2.46. The van der Waals surface area contributed by atoms with Crippen LogP contribution in [0.4, 0.5) is 5.69 Å². The van der Waals surface area contributed by atoms with Gasteiger partial charge < -0.3 is 14.7 Å². The molecule has 9 nitrogen and oxygen atoms in total. The van der Waals surface area contributed by atoms with Crippen molar-refractivity contribution in [1.29, 1.82) is 0 Å². The molecule has 9 heteroatoms. The molecule has 1 amide bonds. The van der Waals surface area contributed by atoms with Gasteiger partial charge in [-0.2, -0.15) is 0 Å². The Labute approximate surface area is 214 Å². The molecule has 0 aliphatic carbocycles. The number of Topliss-reactive ketones (excluding diaryl/α,β-unsaturated/α-hetero) is 1. The number of ether oxygens (including phenoxy) is 1. The van der Waals surface area contributed by atoms with Gasteiger partial charge in [-0.25, -0.2) is 0 Å². The second-order valence-electron chi connectivity index (χ2n) is 9.32. The van der Waals surface area contributed by atoms with Crippen LogP contribution < -0.4 is 4.74 Å². The van der Waals surface area contributed by atoms with Crippen LogP contribution in [0.1, 0.15) is 42.1 Å². The number of nitro benzene ring substituents is 1. The quantitative estimate of drug-likeness (QED) is 0.152. The minimum atomic E-state index is -0.947. The molecule has 1 fully saturated rings. The summed E-state index contributed by atoms with van der Waals surface area (Å²) in [5.74, 6) is -0.951. The maximum Gasteiger partial charge on any atom is 0.295 e. The van der Waals surface area contributed by atoms with Crippen molar-refractivity contribution < 1.29 is 24.4 Å². The average Bonchev–Trinajstić information content (AvgIpc) is 3.12. The highest BCUT2D eigenvalue weighted by Crippen LogP contribution is 2.41. The molecule has 0 saturated carbocycles. The van der Waals surface area contributed by atoms with E-state index in [0.717, 1.165) is 0 Å². The summed E-state index contributed by atoms with van der Waals surface area (Å²) in [7, 11) is 0. The van der Waals surface area contributed by atoms with Crippen LogP contribution in [0.15, 0.2) is 72.6 Å². The average molecular weight is 502 g/mol. The number of non-ortho nitro benzene ring substituents is 1. The van der Waals surface area contributed by atoms with E-state index in [1.165, 1.54) is 29.2 Å². The van der Waals surface area contributed by atoms with E-state index in [2.05, 4.69) is 4.98 Å². The van der Waals surface area contributed by atoms with Crippen LogP contribution in [0.2, 0.25) is 0 Å². The SMILES string of the molecule is Cc1cc(OCC(C)C)ccc1C(O)=C1C(=O)C(=O)N(Cc2cccnc2)[C@H]1c1ccc([N+](=O)[O-])cc1. The molecule has 3 aromatic rings. The van der Waals surface area contributed by atoms with Gasteiger partial charge in [0.15, 0.2) is 0 Å². The zero-order chi connectivity index (χ0) is 26.7. The molecule has 1 aliphatic heterocycles. The molecule has 0 spiro atoms. The minimum absolute atomic E-state index is 0.0673. The van der Waals surface area contributed by atoms with Gasteiger partial charge in [0.2, 0.25) is 0 Å². The van der Waals surface area contributed by atoms with Crippen LogP contribution in [0, 0.1) is 23.0 Å². The number of rotatable bonds is 8. The number of amides is 1. The maximum atomic E-state index is 13.3. The molecular formula is C28H27N3O6. The lowest BCUT2D eigenvalue weighted by atomic mass is 9.93. The van der Waals surface area contributed by atoms with Crippen molar-refractivity contribution in [1.82, 2.24) is 9.88 Å². The Balaban J connectivity index is 1.81. The number of nitrogens with zero attached hydrogens (tertiary/aromatic N) is 3. The van der Waals surface area contributed by atoms with Crippen LogP contribution in [0.5, 0.6) is 5.75 Å². The van der Waals surface area contributed by atoms with Gasteiger partial charge >= 0.3 is 0 Å². The third-order valence-electron chi connectivity index (χ3n) is 6.07. The monoisotopic (exact) mass is 501 g/mol. The lowest BCUT2D eigenvalue weighted by Crippen LogP contribution is -2.29. The van der Waals surface area contributed by atoms with Crippen molar-refractivity contribution in [2.45, 2.75) is 33.4 Å². The van der Waals surface area contributed by atoms with Gasteiger partial charge in [-0.1, -0.05) is 19.9 Å². The molecule has 37 heavy (non-hydrogen) atoms. The van der Waals surface area contributed by atoms with Crippen LogP contribution in [0.25, 0.3) is 5.76 Å². The van der Waals surface area contributed by atoms with Crippen LogP contribution >= 0.6 is 0 Å². The van der Waals surface area contributed by atoms with Gasteiger partial charge in [0.25, 0.3) is 17.4 Å². The Morgan fingerprint density at radius 3 is 2.49 bits per heavy atom. The summed E-state index contributed by atoms with van der Waals surface area (Å²) in [6.45, 7) is 6.46. The van der Waals surface area contributed by atoms with Gasteiger partial charge in [0.05, 0.1) is 23.1 Å². The number of benzene rings is 2. The summed E-state index contributed by atoms with van der Waals surface area (Å²) in [5.41, 5.74) is 2.01. The predicted molar refractivity (Wildman–Crippen MR) is 137 cm³/mol. The molecule has 1 aromatic heterocycles. The van der Waals surface area contributed by atoms with E-state index in [1.807, 2.05) is 13.8 Å². The number of aliphatic hydroxyl groups excluding tert-OH is 1. The summed E-state index contributed by atoms with van der Waals surface area (Å²) in [4.78, 5) is 42.5. The fraction of sp³-hybridized carbons (Fsp3) is 0.250. The molecule has 0 radical (unpaired) electrons. The molecule has 1 N–H and O–H groups in total. The van der Waals surface area contributed by atoms with Crippen molar-refractivity contribution in [3.05, 3.63) is 105 Å². The van der Waals surface area contributed by atoms with Crippen LogP contribution in [-0.2, 0) is 16.1 Å². The van der Waals surface area contributed by atoms with E-state index in [1.54, 1.807) is 49.6 Å². The molecule has 1 saturated heterocycles. The lowest BCUT2D eigenvalue weighted by molar-refractivity contribution is -0.384. The predicted octanol–water partition coefficient (Wildman–Crippen LogP) is 4.95. The van der Waals surface area contributed by atoms with Crippen molar-refractivity contribution in [2.75, 3.05) is 6.61 Å². The Hall–Kier alpha value is -4.53. The summed E-state index contributed by atoms with van der Waals surface area (Å²) < 4.78 is 5.76. The largest absolute Gasteiger partial charge is 0.507 e. The summed E-state index contributed by atoms with van der Waals surface area (Å²) in [5, 5.41) is 22.5. The van der Waals surface area contributed by atoms with Crippen LogP contribution in [-0.4, -0.2) is 38.2 Å². The van der Waals surface area contributed by atoms with E-state index in [4.69, 9.17) is 4.74 Å². The van der Waals surface area contributed by atoms with Gasteiger partial charge in [-0.3, -0.25) is 24.7 Å². The topological polar surface area (TPSA) is 123 Å². The second-order valence-corrected chi connectivity index (χ2v) is 9.32. The van der Waals surface area contributed by atoms with Crippen molar-refractivity contribution in [3.8, 4) is 5.75 Å². The Kier molecular flexibility index (Phi) is 7.33. The number of carbonyl (C=O) groups is 2. The number of aromatic nitrogens is 1. The molecule has 2 aromatic carbocycles. The van der Waals surface area contributed by atoms with Gasteiger partial charge in [-0.05, 0) is 65.9 Å². The number of pyridine rings is 1. The zero-order valence-electron chi connectivity index (χ0n) is 20.7. The number of likely N-dealkylation sites (tertiary alicyclic amines) is 1. The molecule has 1 atom stereocenters. The fourth-order valence-corrected chi connectivity index (χ4v) is 4.26. The number of hydrogen-bond acceptors (Lipinski definition) is 7. The Morgan fingerprint density at radius 1 is 1.16 bits per heavy atom. The molecule has 1 aliphatic rings. The third kappa shape index (κ3) is 5.35. The molecule has 2 heterocycles. The first-order valence-electron chi connectivity index (χ1n) is 11.8. The number of hydrogen-bond donors (Lipinski definition) is 1. The fourth-order valence-electron chi connectivity index (χ4n) is 4.26. The highest BCUT2D eigenvalue weighted by atomic mass is 16.6.